The molecule has 0 N–H and O–H groups in total. The van der Waals surface area contributed by atoms with Gasteiger partial charge in [0.2, 0.25) is 5.91 Å². The van der Waals surface area contributed by atoms with E-state index >= 15 is 0 Å². The average molecular weight is 323 g/mol. The average Bonchev–Trinajstić information content (AvgIpc) is 2.63. The summed E-state index contributed by atoms with van der Waals surface area (Å²) in [6.07, 6.45) is 2.43. The van der Waals surface area contributed by atoms with Gasteiger partial charge in [0.15, 0.2) is 18.2 Å². The van der Waals surface area contributed by atoms with Gasteiger partial charge in [-0.1, -0.05) is 24.3 Å². The molecule has 0 atom stereocenters. The van der Waals surface area contributed by atoms with Gasteiger partial charge in [-0.2, -0.15) is 0 Å². The molecule has 0 spiro atoms. The molecule has 24 heavy (non-hydrogen) atoms. The van der Waals surface area contributed by atoms with Gasteiger partial charge in [-0.15, -0.1) is 0 Å². The smallest absolute Gasteiger partial charge is 0.266 e. The molecule has 0 radical (unpaired) electrons. The van der Waals surface area contributed by atoms with E-state index in [2.05, 4.69) is 11.1 Å². The van der Waals surface area contributed by atoms with Crippen molar-refractivity contribution in [3.05, 3.63) is 53.7 Å². The van der Waals surface area contributed by atoms with E-state index in [1.165, 1.54) is 16.0 Å². The largest absolute Gasteiger partial charge is 0.480 e. The Bertz CT molecular complexity index is 806. The molecular formula is C18H17N3O3. The van der Waals surface area contributed by atoms with E-state index in [9.17, 15) is 9.59 Å². The first-order chi connectivity index (χ1) is 11.7. The lowest BCUT2D eigenvalue weighted by Gasteiger charge is -2.32. The maximum Gasteiger partial charge on any atom is 0.266 e. The zero-order valence-electron chi connectivity index (χ0n) is 13.1. The SMILES string of the molecule is O=C(CN1C(=O)COc2cccnc21)N1CCc2ccccc2C1. The van der Waals surface area contributed by atoms with Crippen LogP contribution in [0, 0.1) is 0 Å². The number of rotatable bonds is 2. The summed E-state index contributed by atoms with van der Waals surface area (Å²) in [6.45, 7) is 1.19. The summed E-state index contributed by atoms with van der Waals surface area (Å²) in [5, 5.41) is 0. The first-order valence-corrected chi connectivity index (χ1v) is 7.95. The number of hydrogen-bond donors (Lipinski definition) is 0. The van der Waals surface area contributed by atoms with E-state index in [-0.39, 0.29) is 25.0 Å². The molecule has 0 saturated carbocycles. The summed E-state index contributed by atoms with van der Waals surface area (Å²) in [6, 6.07) is 11.7. The number of fused-ring (bicyclic) bond motifs is 2. The highest BCUT2D eigenvalue weighted by Crippen LogP contribution is 2.29. The van der Waals surface area contributed by atoms with E-state index in [1.54, 1.807) is 23.2 Å². The Kier molecular flexibility index (Phi) is 3.65. The van der Waals surface area contributed by atoms with E-state index in [0.717, 1.165) is 6.42 Å². The van der Waals surface area contributed by atoms with Crippen LogP contribution >= 0.6 is 0 Å². The van der Waals surface area contributed by atoms with Gasteiger partial charge in [-0.3, -0.25) is 14.5 Å². The van der Waals surface area contributed by atoms with Gasteiger partial charge >= 0.3 is 0 Å². The fraction of sp³-hybridized carbons (Fsp3) is 0.278. The normalized spacial score (nSPS) is 16.2. The Balaban J connectivity index is 1.52. The van der Waals surface area contributed by atoms with Crippen molar-refractivity contribution < 1.29 is 14.3 Å². The summed E-state index contributed by atoms with van der Waals surface area (Å²) < 4.78 is 5.36. The highest BCUT2D eigenvalue weighted by molar-refractivity contribution is 6.01. The van der Waals surface area contributed by atoms with Crippen molar-refractivity contribution in [2.75, 3.05) is 24.6 Å². The van der Waals surface area contributed by atoms with Crippen LogP contribution in [0.3, 0.4) is 0 Å². The molecule has 3 heterocycles. The second-order valence-electron chi connectivity index (χ2n) is 5.93. The van der Waals surface area contributed by atoms with Crippen molar-refractivity contribution in [2.24, 2.45) is 0 Å². The van der Waals surface area contributed by atoms with Crippen molar-refractivity contribution in [2.45, 2.75) is 13.0 Å². The molecule has 0 unspecified atom stereocenters. The predicted molar refractivity (Wildman–Crippen MR) is 87.6 cm³/mol. The topological polar surface area (TPSA) is 62.7 Å². The molecule has 0 aliphatic carbocycles. The zero-order chi connectivity index (χ0) is 16.5. The van der Waals surface area contributed by atoms with Crippen molar-refractivity contribution >= 4 is 17.6 Å². The number of nitrogens with zero attached hydrogens (tertiary/aromatic N) is 3. The van der Waals surface area contributed by atoms with E-state index in [0.29, 0.717) is 24.7 Å². The Labute approximate surface area is 139 Å². The van der Waals surface area contributed by atoms with Gasteiger partial charge in [0.1, 0.15) is 6.54 Å². The van der Waals surface area contributed by atoms with Crippen LogP contribution in [0.2, 0.25) is 0 Å². The van der Waals surface area contributed by atoms with Crippen LogP contribution in [0.15, 0.2) is 42.6 Å². The molecule has 0 saturated heterocycles. The third-order valence-electron chi connectivity index (χ3n) is 4.44. The number of pyridine rings is 1. The summed E-state index contributed by atoms with van der Waals surface area (Å²) in [5.74, 6) is 0.636. The van der Waals surface area contributed by atoms with Gasteiger partial charge in [0, 0.05) is 19.3 Å². The lowest BCUT2D eigenvalue weighted by Crippen LogP contribution is -2.47. The number of ether oxygens (including phenoxy) is 1. The Morgan fingerprint density at radius 2 is 2.00 bits per heavy atom. The van der Waals surface area contributed by atoms with Gasteiger partial charge in [-0.05, 0) is 29.7 Å². The van der Waals surface area contributed by atoms with Crippen LogP contribution in [0.25, 0.3) is 0 Å². The quantitative estimate of drug-likeness (QED) is 0.838. The molecule has 6 heteroatoms. The standard InChI is InChI=1S/C18H17N3O3/c22-16(20-9-7-13-4-1-2-5-14(13)10-20)11-21-17(23)12-24-15-6-3-8-19-18(15)21/h1-6,8H,7,9-12H2. The molecule has 6 nitrogen and oxygen atoms in total. The zero-order valence-corrected chi connectivity index (χ0v) is 13.1. The second-order valence-corrected chi connectivity index (χ2v) is 5.93. The molecule has 0 bridgehead atoms. The van der Waals surface area contributed by atoms with Gasteiger partial charge in [-0.25, -0.2) is 4.98 Å². The minimum atomic E-state index is -0.244. The van der Waals surface area contributed by atoms with Crippen molar-refractivity contribution in [3.8, 4) is 5.75 Å². The maximum atomic E-state index is 12.7. The van der Waals surface area contributed by atoms with Crippen molar-refractivity contribution in [3.63, 3.8) is 0 Å². The monoisotopic (exact) mass is 323 g/mol. The van der Waals surface area contributed by atoms with Gasteiger partial charge in [0.05, 0.1) is 0 Å². The van der Waals surface area contributed by atoms with Crippen LogP contribution in [-0.4, -0.2) is 41.4 Å². The predicted octanol–water partition coefficient (Wildman–Crippen LogP) is 1.39. The first-order valence-electron chi connectivity index (χ1n) is 7.95. The van der Waals surface area contributed by atoms with Crippen molar-refractivity contribution in [1.29, 1.82) is 0 Å². The fourth-order valence-corrected chi connectivity index (χ4v) is 3.14. The van der Waals surface area contributed by atoms with E-state index < -0.39 is 0 Å². The Morgan fingerprint density at radius 3 is 2.88 bits per heavy atom. The maximum absolute atomic E-state index is 12.7. The minimum Gasteiger partial charge on any atom is -0.480 e. The highest BCUT2D eigenvalue weighted by Gasteiger charge is 2.30. The third-order valence-corrected chi connectivity index (χ3v) is 4.44. The number of anilines is 1. The number of amides is 2. The number of carbonyl (C=O) groups excluding carboxylic acids is 2. The summed E-state index contributed by atoms with van der Waals surface area (Å²) in [4.78, 5) is 32.3. The van der Waals surface area contributed by atoms with Gasteiger partial charge < -0.3 is 9.64 Å². The van der Waals surface area contributed by atoms with Crippen LogP contribution in [-0.2, 0) is 22.6 Å². The number of hydrogen-bond acceptors (Lipinski definition) is 4. The summed E-state index contributed by atoms with van der Waals surface area (Å²) in [5.41, 5.74) is 2.46. The lowest BCUT2D eigenvalue weighted by atomic mass is 10.00. The lowest BCUT2D eigenvalue weighted by molar-refractivity contribution is -0.132. The number of aromatic nitrogens is 1. The molecular weight excluding hydrogens is 306 g/mol. The second kappa shape index (κ2) is 5.96. The van der Waals surface area contributed by atoms with Crippen molar-refractivity contribution in [1.82, 2.24) is 9.88 Å². The molecule has 2 aromatic rings. The van der Waals surface area contributed by atoms with Crippen LogP contribution in [0.4, 0.5) is 5.82 Å². The first kappa shape index (κ1) is 14.7. The molecule has 0 fully saturated rings. The summed E-state index contributed by atoms with van der Waals surface area (Å²) >= 11 is 0. The minimum absolute atomic E-state index is 0.00558. The fourth-order valence-electron chi connectivity index (χ4n) is 3.14. The molecule has 2 aliphatic heterocycles. The third kappa shape index (κ3) is 2.60. The molecule has 1 aromatic heterocycles. The molecule has 4 rings (SSSR count). The summed E-state index contributed by atoms with van der Waals surface area (Å²) in [7, 11) is 0. The molecule has 2 amide bonds. The van der Waals surface area contributed by atoms with E-state index in [4.69, 9.17) is 4.74 Å². The van der Waals surface area contributed by atoms with E-state index in [1.807, 2.05) is 18.2 Å². The molecule has 2 aliphatic rings. The Hall–Kier alpha value is -2.89. The van der Waals surface area contributed by atoms with Crippen LogP contribution in [0.5, 0.6) is 5.75 Å². The molecule has 1 aromatic carbocycles. The number of carbonyl (C=O) groups is 2. The molecule has 122 valence electrons. The Morgan fingerprint density at radius 1 is 1.17 bits per heavy atom. The van der Waals surface area contributed by atoms with Crippen LogP contribution in [0.1, 0.15) is 11.1 Å². The van der Waals surface area contributed by atoms with Gasteiger partial charge in [0.25, 0.3) is 5.91 Å². The van der Waals surface area contributed by atoms with Crippen LogP contribution < -0.4 is 9.64 Å². The highest BCUT2D eigenvalue weighted by atomic mass is 16.5. The number of benzene rings is 1.